The molecule has 1 heterocycles. The minimum Gasteiger partial charge on any atom is -0.506 e. The number of hydrogen-bond acceptors (Lipinski definition) is 4. The fraction of sp³-hybridized carbons (Fsp3) is 0.133. The maximum Gasteiger partial charge on any atom is 0.174 e. The summed E-state index contributed by atoms with van der Waals surface area (Å²) in [5, 5.41) is 8.95. The lowest BCUT2D eigenvalue weighted by molar-refractivity contribution is -0.121. The normalized spacial score (nSPS) is 12.8. The number of benzene rings is 2. The van der Waals surface area contributed by atoms with Crippen molar-refractivity contribution in [3.63, 3.8) is 0 Å². The third-order valence-corrected chi connectivity index (χ3v) is 3.78. The van der Waals surface area contributed by atoms with E-state index >= 15 is 0 Å². The number of phenolic OH excluding ortho intramolecular Hbond substituents is 1. The highest BCUT2D eigenvalue weighted by Crippen LogP contribution is 2.26. The van der Waals surface area contributed by atoms with Crippen molar-refractivity contribution in [3.8, 4) is 11.5 Å². The molecule has 4 nitrogen and oxygen atoms in total. The molecule has 3 N–H and O–H groups in total. The summed E-state index contributed by atoms with van der Waals surface area (Å²) in [5.41, 5.74) is 6.70. The minimum absolute atomic E-state index is 0.115. The van der Waals surface area contributed by atoms with Crippen molar-refractivity contribution in [1.82, 2.24) is 0 Å². The summed E-state index contributed by atoms with van der Waals surface area (Å²) in [5.74, 6) is 1.08. The van der Waals surface area contributed by atoms with Crippen LogP contribution in [-0.2, 0) is 11.2 Å². The zero-order valence-corrected chi connectivity index (χ0v) is 14.1. The fourth-order valence-electron chi connectivity index (χ4n) is 1.75. The van der Waals surface area contributed by atoms with Gasteiger partial charge in [-0.25, -0.2) is 0 Å². The summed E-state index contributed by atoms with van der Waals surface area (Å²) in [4.78, 5) is 11.0. The summed E-state index contributed by atoms with van der Waals surface area (Å²) in [6.07, 6.45) is 0.503. The molecule has 0 saturated carbocycles. The number of aromatic hydroxyl groups is 1. The van der Waals surface area contributed by atoms with Gasteiger partial charge in [-0.05, 0) is 30.3 Å². The van der Waals surface area contributed by atoms with E-state index in [0.29, 0.717) is 12.1 Å². The van der Waals surface area contributed by atoms with Crippen molar-refractivity contribution < 1.29 is 14.6 Å². The van der Waals surface area contributed by atoms with E-state index in [2.05, 4.69) is 31.9 Å². The molecule has 3 rings (SSSR count). The quantitative estimate of drug-likeness (QED) is 0.509. The lowest BCUT2D eigenvalue weighted by atomic mass is 10.1. The van der Waals surface area contributed by atoms with Crippen LogP contribution in [0.15, 0.2) is 45.3 Å². The van der Waals surface area contributed by atoms with Crippen LogP contribution in [0.4, 0.5) is 5.69 Å². The molecular weight excluding hydrogens is 402 g/mol. The largest absolute Gasteiger partial charge is 0.506 e. The molecular formula is C15H13Br2NO3. The van der Waals surface area contributed by atoms with Crippen LogP contribution in [0.1, 0.15) is 5.56 Å². The Balaban J connectivity index is 0.000000161. The predicted molar refractivity (Wildman–Crippen MR) is 88.6 cm³/mol. The molecule has 0 unspecified atom stereocenters. The van der Waals surface area contributed by atoms with E-state index in [1.807, 2.05) is 18.2 Å². The van der Waals surface area contributed by atoms with E-state index in [9.17, 15) is 4.79 Å². The van der Waals surface area contributed by atoms with Gasteiger partial charge >= 0.3 is 0 Å². The first-order chi connectivity index (χ1) is 9.95. The zero-order valence-electron chi connectivity index (χ0n) is 11.0. The molecule has 0 atom stereocenters. The highest BCUT2D eigenvalue weighted by molar-refractivity contribution is 9.10. The van der Waals surface area contributed by atoms with Crippen LogP contribution in [0.25, 0.3) is 0 Å². The van der Waals surface area contributed by atoms with Crippen molar-refractivity contribution in [2.45, 2.75) is 6.42 Å². The molecule has 6 heteroatoms. The number of carbonyl (C=O) groups excluding carboxylic acids is 1. The number of ether oxygens (including phenoxy) is 1. The van der Waals surface area contributed by atoms with Gasteiger partial charge in [0.1, 0.15) is 18.1 Å². The molecule has 2 aromatic carbocycles. The number of fused-ring (bicyclic) bond motifs is 1. The molecule has 1 aliphatic heterocycles. The van der Waals surface area contributed by atoms with Crippen LogP contribution in [0.5, 0.6) is 11.5 Å². The highest BCUT2D eigenvalue weighted by atomic mass is 79.9. The van der Waals surface area contributed by atoms with Gasteiger partial charge in [0.05, 0.1) is 5.69 Å². The van der Waals surface area contributed by atoms with E-state index in [1.54, 1.807) is 18.2 Å². The van der Waals surface area contributed by atoms with Gasteiger partial charge in [-0.1, -0.05) is 37.9 Å². The van der Waals surface area contributed by atoms with Crippen LogP contribution in [0.3, 0.4) is 0 Å². The van der Waals surface area contributed by atoms with Gasteiger partial charge in [-0.2, -0.15) is 0 Å². The van der Waals surface area contributed by atoms with E-state index in [1.165, 1.54) is 0 Å². The maximum atomic E-state index is 11.0. The van der Waals surface area contributed by atoms with E-state index in [-0.39, 0.29) is 18.1 Å². The molecule has 2 aromatic rings. The first kappa shape index (κ1) is 15.9. The fourth-order valence-corrected chi connectivity index (χ4v) is 2.44. The first-order valence-electron chi connectivity index (χ1n) is 6.12. The van der Waals surface area contributed by atoms with Gasteiger partial charge in [-0.3, -0.25) is 4.79 Å². The van der Waals surface area contributed by atoms with Crippen molar-refractivity contribution >= 4 is 43.3 Å². The van der Waals surface area contributed by atoms with E-state index in [0.717, 1.165) is 20.3 Å². The molecule has 0 saturated heterocycles. The summed E-state index contributed by atoms with van der Waals surface area (Å²) >= 11 is 6.52. The second kappa shape index (κ2) is 6.95. The molecule has 0 fully saturated rings. The predicted octanol–water partition coefficient (Wildman–Crippen LogP) is 3.69. The number of carbonyl (C=O) groups is 1. The van der Waals surface area contributed by atoms with Crippen molar-refractivity contribution in [1.29, 1.82) is 0 Å². The van der Waals surface area contributed by atoms with Crippen molar-refractivity contribution in [3.05, 3.63) is 50.9 Å². The van der Waals surface area contributed by atoms with Crippen LogP contribution < -0.4 is 10.5 Å². The van der Waals surface area contributed by atoms with Gasteiger partial charge < -0.3 is 15.6 Å². The number of anilines is 1. The van der Waals surface area contributed by atoms with Gasteiger partial charge in [0, 0.05) is 20.9 Å². The highest BCUT2D eigenvalue weighted by Gasteiger charge is 2.16. The summed E-state index contributed by atoms with van der Waals surface area (Å²) in [6, 6.07) is 10.7. The molecule has 0 bridgehead atoms. The van der Waals surface area contributed by atoms with Crippen LogP contribution in [0, 0.1) is 0 Å². The number of Topliss-reactive ketones (excluding diaryl/α,β-unsaturated/α-hetero) is 1. The first-order valence-corrected chi connectivity index (χ1v) is 7.71. The standard InChI is InChI=1S/C9H7BrO2.C6H6BrNO/c10-7-2-1-6-3-8(11)5-12-9(6)4-7;7-4-1-2-5(8)6(9)3-4/h1-2,4H,3,5H2;1-3,9H,8H2. The number of nitrogens with two attached hydrogens (primary N) is 1. The maximum absolute atomic E-state index is 11.0. The minimum atomic E-state index is 0.115. The molecule has 0 amide bonds. The Bertz CT molecular complexity index is 674. The smallest absolute Gasteiger partial charge is 0.174 e. The molecule has 1 aliphatic rings. The van der Waals surface area contributed by atoms with Gasteiger partial charge in [-0.15, -0.1) is 0 Å². The number of hydrogen-bond donors (Lipinski definition) is 2. The Labute approximate surface area is 139 Å². The molecule has 0 spiro atoms. The molecule has 21 heavy (non-hydrogen) atoms. The molecule has 0 aromatic heterocycles. The van der Waals surface area contributed by atoms with E-state index < -0.39 is 0 Å². The monoisotopic (exact) mass is 413 g/mol. The zero-order chi connectivity index (χ0) is 15.4. The Morgan fingerprint density at radius 3 is 2.43 bits per heavy atom. The van der Waals surface area contributed by atoms with Crippen LogP contribution >= 0.6 is 31.9 Å². The Morgan fingerprint density at radius 2 is 1.76 bits per heavy atom. The Morgan fingerprint density at radius 1 is 1.10 bits per heavy atom. The second-order valence-corrected chi connectivity index (χ2v) is 6.29. The lowest BCUT2D eigenvalue weighted by Crippen LogP contribution is -2.19. The summed E-state index contributed by atoms with van der Waals surface area (Å²) < 4.78 is 7.05. The van der Waals surface area contributed by atoms with Crippen LogP contribution in [0.2, 0.25) is 0 Å². The SMILES string of the molecule is Nc1ccc(Br)cc1O.O=C1COc2cc(Br)ccc2C1. The third kappa shape index (κ3) is 4.47. The molecule has 0 aliphatic carbocycles. The molecule has 110 valence electrons. The van der Waals surface area contributed by atoms with Crippen molar-refractivity contribution in [2.75, 3.05) is 12.3 Å². The number of nitrogen functional groups attached to an aromatic ring is 1. The summed E-state index contributed by atoms with van der Waals surface area (Å²) in [7, 11) is 0. The lowest BCUT2D eigenvalue weighted by Gasteiger charge is -2.15. The topological polar surface area (TPSA) is 72.5 Å². The van der Waals surface area contributed by atoms with E-state index in [4.69, 9.17) is 15.6 Å². The molecule has 0 radical (unpaired) electrons. The van der Waals surface area contributed by atoms with Gasteiger partial charge in [0.2, 0.25) is 0 Å². The number of halogens is 2. The number of phenols is 1. The summed E-state index contributed by atoms with van der Waals surface area (Å²) in [6.45, 7) is 0.212. The average molecular weight is 415 g/mol. The average Bonchev–Trinajstić information content (AvgIpc) is 2.44. The number of ketones is 1. The van der Waals surface area contributed by atoms with Gasteiger partial charge in [0.25, 0.3) is 0 Å². The van der Waals surface area contributed by atoms with Crippen molar-refractivity contribution in [2.24, 2.45) is 0 Å². The Hall–Kier alpha value is -1.53. The van der Waals surface area contributed by atoms with Crippen LogP contribution in [-0.4, -0.2) is 17.5 Å². The second-order valence-electron chi connectivity index (χ2n) is 4.46. The van der Waals surface area contributed by atoms with Gasteiger partial charge in [0.15, 0.2) is 5.78 Å². The third-order valence-electron chi connectivity index (χ3n) is 2.80. The number of rotatable bonds is 0. The Kier molecular flexibility index (Phi) is 5.25.